The molecule has 0 fully saturated rings. The van der Waals surface area contributed by atoms with Gasteiger partial charge in [-0.2, -0.15) is 0 Å². The zero-order valence-electron chi connectivity index (χ0n) is 10.9. The van der Waals surface area contributed by atoms with Gasteiger partial charge in [-0.3, -0.25) is 4.79 Å². The number of carbonyl (C=O) groups is 1. The van der Waals surface area contributed by atoms with Crippen LogP contribution in [0.25, 0.3) is 0 Å². The van der Waals surface area contributed by atoms with Gasteiger partial charge in [0.25, 0.3) is 5.56 Å². The van der Waals surface area contributed by atoms with E-state index in [1.165, 1.54) is 13.2 Å². The number of nitrogens with zero attached hydrogens (tertiary/aromatic N) is 1. The summed E-state index contributed by atoms with van der Waals surface area (Å²) in [6.45, 7) is 1.94. The third kappa shape index (κ3) is 2.73. The van der Waals surface area contributed by atoms with Gasteiger partial charge in [-0.15, -0.1) is 0 Å². The van der Waals surface area contributed by atoms with Crippen LogP contribution in [0, 0.1) is 0 Å². The minimum atomic E-state index is -0.365. The summed E-state index contributed by atoms with van der Waals surface area (Å²) in [5.41, 5.74) is 1.41. The monoisotopic (exact) mass is 257 g/mol. The van der Waals surface area contributed by atoms with Crippen molar-refractivity contribution in [1.29, 1.82) is 0 Å². The molecule has 4 heteroatoms. The molecule has 2 rings (SSSR count). The molecule has 1 heterocycles. The van der Waals surface area contributed by atoms with Gasteiger partial charge in [-0.1, -0.05) is 18.2 Å². The number of pyridine rings is 1. The molecule has 0 spiro atoms. The molecule has 1 aromatic heterocycles. The van der Waals surface area contributed by atoms with Gasteiger partial charge < -0.3 is 9.30 Å². The Morgan fingerprint density at radius 1 is 1.16 bits per heavy atom. The van der Waals surface area contributed by atoms with Gasteiger partial charge in [0.05, 0.1) is 18.7 Å². The molecule has 0 N–H and O–H groups in total. The molecule has 0 aliphatic rings. The number of carbonyl (C=O) groups excluding carboxylic acids is 1. The quantitative estimate of drug-likeness (QED) is 0.792. The molecule has 2 aromatic rings. The third-order valence-electron chi connectivity index (χ3n) is 3.08. The van der Waals surface area contributed by atoms with Gasteiger partial charge in [0.2, 0.25) is 0 Å². The highest BCUT2D eigenvalue weighted by Crippen LogP contribution is 2.16. The average molecular weight is 257 g/mol. The molecule has 0 aliphatic carbocycles. The van der Waals surface area contributed by atoms with Crippen molar-refractivity contribution in [1.82, 2.24) is 4.57 Å². The summed E-state index contributed by atoms with van der Waals surface area (Å²) < 4.78 is 6.29. The first-order chi connectivity index (χ1) is 9.13. The van der Waals surface area contributed by atoms with Crippen molar-refractivity contribution in [3.05, 3.63) is 70.1 Å². The zero-order valence-corrected chi connectivity index (χ0v) is 10.9. The molecule has 0 aliphatic heterocycles. The first kappa shape index (κ1) is 13.1. The lowest BCUT2D eigenvalue weighted by molar-refractivity contribution is 0.0600. The van der Waals surface area contributed by atoms with Gasteiger partial charge in [-0.05, 0) is 30.7 Å². The number of hydrogen-bond acceptors (Lipinski definition) is 3. The predicted molar refractivity (Wildman–Crippen MR) is 72.3 cm³/mol. The summed E-state index contributed by atoms with van der Waals surface area (Å²) in [6.07, 6.45) is 1.75. The Hall–Kier alpha value is -2.36. The van der Waals surface area contributed by atoms with Crippen molar-refractivity contribution in [2.45, 2.75) is 13.0 Å². The number of esters is 1. The van der Waals surface area contributed by atoms with Crippen LogP contribution in [0.15, 0.2) is 53.5 Å². The van der Waals surface area contributed by atoms with Crippen molar-refractivity contribution < 1.29 is 9.53 Å². The Morgan fingerprint density at radius 2 is 1.84 bits per heavy atom. The fourth-order valence-corrected chi connectivity index (χ4v) is 1.94. The topological polar surface area (TPSA) is 48.3 Å². The summed E-state index contributed by atoms with van der Waals surface area (Å²) >= 11 is 0. The van der Waals surface area contributed by atoms with E-state index in [9.17, 15) is 9.59 Å². The molecule has 0 saturated carbocycles. The number of aromatic nitrogens is 1. The number of benzene rings is 1. The highest BCUT2D eigenvalue weighted by Gasteiger charge is 2.10. The molecule has 0 radical (unpaired) electrons. The summed E-state index contributed by atoms with van der Waals surface area (Å²) in [5.74, 6) is -0.365. The van der Waals surface area contributed by atoms with Gasteiger partial charge in [-0.25, -0.2) is 4.79 Å². The fourth-order valence-electron chi connectivity index (χ4n) is 1.94. The smallest absolute Gasteiger partial charge is 0.337 e. The van der Waals surface area contributed by atoms with Crippen LogP contribution in [0.2, 0.25) is 0 Å². The van der Waals surface area contributed by atoms with Crippen molar-refractivity contribution in [2.75, 3.05) is 7.11 Å². The van der Waals surface area contributed by atoms with Crippen LogP contribution in [0.4, 0.5) is 0 Å². The van der Waals surface area contributed by atoms with E-state index in [0.717, 1.165) is 5.56 Å². The van der Waals surface area contributed by atoms with Crippen LogP contribution >= 0.6 is 0 Å². The molecule has 98 valence electrons. The van der Waals surface area contributed by atoms with Crippen molar-refractivity contribution in [3.63, 3.8) is 0 Å². The number of methoxy groups -OCH3 is 1. The maximum atomic E-state index is 11.7. The normalized spacial score (nSPS) is 11.9. The van der Waals surface area contributed by atoms with Gasteiger partial charge in [0.1, 0.15) is 0 Å². The van der Waals surface area contributed by atoms with Crippen LogP contribution < -0.4 is 5.56 Å². The summed E-state index contributed by atoms with van der Waals surface area (Å²) in [5, 5.41) is 0. The SMILES string of the molecule is COC(=O)c1ccc(C(C)n2ccccc2=O)cc1. The van der Waals surface area contributed by atoms with Crippen LogP contribution in [0.5, 0.6) is 0 Å². The second kappa shape index (κ2) is 5.52. The number of rotatable bonds is 3. The molecule has 19 heavy (non-hydrogen) atoms. The fraction of sp³-hybridized carbons (Fsp3) is 0.200. The molecule has 0 saturated heterocycles. The minimum absolute atomic E-state index is 0.0490. The standard InChI is InChI=1S/C15H15NO3/c1-11(16-10-4-3-5-14(16)17)12-6-8-13(9-7-12)15(18)19-2/h3-11H,1-2H3. The summed E-state index contributed by atoms with van der Waals surface area (Å²) in [4.78, 5) is 23.1. The Balaban J connectivity index is 2.30. The lowest BCUT2D eigenvalue weighted by atomic mass is 10.1. The first-order valence-electron chi connectivity index (χ1n) is 5.99. The van der Waals surface area contributed by atoms with E-state index >= 15 is 0 Å². The maximum absolute atomic E-state index is 11.7. The van der Waals surface area contributed by atoms with E-state index in [4.69, 9.17) is 0 Å². The van der Waals surface area contributed by atoms with Gasteiger partial charge in [0, 0.05) is 12.3 Å². The van der Waals surface area contributed by atoms with Crippen LogP contribution in [-0.4, -0.2) is 17.6 Å². The van der Waals surface area contributed by atoms with E-state index < -0.39 is 0 Å². The highest BCUT2D eigenvalue weighted by molar-refractivity contribution is 5.89. The summed E-state index contributed by atoms with van der Waals surface area (Å²) in [7, 11) is 1.35. The molecule has 0 amide bonds. The van der Waals surface area contributed by atoms with Crippen molar-refractivity contribution in [2.24, 2.45) is 0 Å². The minimum Gasteiger partial charge on any atom is -0.465 e. The van der Waals surface area contributed by atoms with Gasteiger partial charge in [0.15, 0.2) is 0 Å². The molecule has 0 bridgehead atoms. The van der Waals surface area contributed by atoms with E-state index in [2.05, 4.69) is 4.74 Å². The number of hydrogen-bond donors (Lipinski definition) is 0. The van der Waals surface area contributed by atoms with E-state index in [-0.39, 0.29) is 17.6 Å². The second-order valence-electron chi connectivity index (χ2n) is 4.24. The molecular weight excluding hydrogens is 242 g/mol. The molecule has 1 aromatic carbocycles. The van der Waals surface area contributed by atoms with E-state index in [0.29, 0.717) is 5.56 Å². The average Bonchev–Trinajstić information content (AvgIpc) is 2.46. The van der Waals surface area contributed by atoms with Crippen LogP contribution in [-0.2, 0) is 4.74 Å². The van der Waals surface area contributed by atoms with E-state index in [1.807, 2.05) is 25.1 Å². The first-order valence-corrected chi connectivity index (χ1v) is 5.99. The molecule has 4 nitrogen and oxygen atoms in total. The highest BCUT2D eigenvalue weighted by atomic mass is 16.5. The van der Waals surface area contributed by atoms with Gasteiger partial charge >= 0.3 is 5.97 Å². The van der Waals surface area contributed by atoms with E-state index in [1.54, 1.807) is 29.0 Å². The Morgan fingerprint density at radius 3 is 2.42 bits per heavy atom. The third-order valence-corrected chi connectivity index (χ3v) is 3.08. The molecular formula is C15H15NO3. The lowest BCUT2D eigenvalue weighted by Gasteiger charge is -2.15. The molecule has 1 atom stereocenters. The zero-order chi connectivity index (χ0) is 13.8. The van der Waals surface area contributed by atoms with Crippen LogP contribution in [0.1, 0.15) is 28.9 Å². The second-order valence-corrected chi connectivity index (χ2v) is 4.24. The lowest BCUT2D eigenvalue weighted by Crippen LogP contribution is -2.22. The summed E-state index contributed by atoms with van der Waals surface area (Å²) in [6, 6.07) is 12.0. The van der Waals surface area contributed by atoms with Crippen LogP contribution in [0.3, 0.4) is 0 Å². The van der Waals surface area contributed by atoms with Crippen molar-refractivity contribution in [3.8, 4) is 0 Å². The predicted octanol–water partition coefficient (Wildman–Crippen LogP) is 2.24. The Kier molecular flexibility index (Phi) is 3.80. The maximum Gasteiger partial charge on any atom is 0.337 e. The van der Waals surface area contributed by atoms with Crippen molar-refractivity contribution >= 4 is 5.97 Å². The number of ether oxygens (including phenoxy) is 1. The Bertz CT molecular complexity index is 628. The largest absolute Gasteiger partial charge is 0.465 e. The Labute approximate surface area is 111 Å². The molecule has 1 unspecified atom stereocenters.